The molecule has 0 aromatic rings. The SMILES string of the molecule is CC(C)(C)OC(=O)N1CCNC2(C1)CS(=O)(=O)C2. The van der Waals surface area contributed by atoms with Crippen LogP contribution in [0.4, 0.5) is 4.79 Å². The smallest absolute Gasteiger partial charge is 0.410 e. The number of sulfone groups is 1. The van der Waals surface area contributed by atoms with Crippen molar-refractivity contribution in [2.45, 2.75) is 31.9 Å². The van der Waals surface area contributed by atoms with Gasteiger partial charge in [-0.3, -0.25) is 0 Å². The van der Waals surface area contributed by atoms with Gasteiger partial charge in [0.25, 0.3) is 0 Å². The van der Waals surface area contributed by atoms with Gasteiger partial charge in [0.2, 0.25) is 0 Å². The summed E-state index contributed by atoms with van der Waals surface area (Å²) < 4.78 is 27.9. The van der Waals surface area contributed by atoms with Crippen LogP contribution in [0.1, 0.15) is 20.8 Å². The second kappa shape index (κ2) is 4.09. The van der Waals surface area contributed by atoms with Crippen molar-refractivity contribution in [1.29, 1.82) is 0 Å². The Morgan fingerprint density at radius 3 is 2.44 bits per heavy atom. The van der Waals surface area contributed by atoms with Crippen LogP contribution in [-0.4, -0.2) is 61.7 Å². The van der Waals surface area contributed by atoms with Crippen LogP contribution in [0, 0.1) is 0 Å². The quantitative estimate of drug-likeness (QED) is 0.673. The number of nitrogens with one attached hydrogen (secondary N) is 1. The first-order chi connectivity index (χ1) is 8.11. The zero-order valence-electron chi connectivity index (χ0n) is 11.0. The van der Waals surface area contributed by atoms with Crippen LogP contribution in [0.3, 0.4) is 0 Å². The first kappa shape index (κ1) is 13.6. The van der Waals surface area contributed by atoms with E-state index in [0.29, 0.717) is 19.6 Å². The molecule has 1 amide bonds. The zero-order valence-corrected chi connectivity index (χ0v) is 11.8. The highest BCUT2D eigenvalue weighted by Gasteiger charge is 2.51. The average molecular weight is 276 g/mol. The molecular weight excluding hydrogens is 256 g/mol. The molecule has 0 unspecified atom stereocenters. The topological polar surface area (TPSA) is 75.7 Å². The van der Waals surface area contributed by atoms with Crippen LogP contribution in [0.2, 0.25) is 0 Å². The van der Waals surface area contributed by atoms with E-state index in [0.717, 1.165) is 0 Å². The van der Waals surface area contributed by atoms with E-state index in [-0.39, 0.29) is 17.6 Å². The average Bonchev–Trinajstić information content (AvgIpc) is 2.11. The zero-order chi connectivity index (χ0) is 13.6. The van der Waals surface area contributed by atoms with E-state index in [2.05, 4.69) is 5.32 Å². The molecule has 7 heteroatoms. The molecule has 18 heavy (non-hydrogen) atoms. The van der Waals surface area contributed by atoms with E-state index in [1.807, 2.05) is 20.8 Å². The first-order valence-corrected chi connectivity index (χ1v) is 7.86. The lowest BCUT2D eigenvalue weighted by Crippen LogP contribution is -2.73. The molecular formula is C11H20N2O4S. The van der Waals surface area contributed by atoms with Crippen molar-refractivity contribution >= 4 is 15.9 Å². The van der Waals surface area contributed by atoms with Gasteiger partial charge < -0.3 is 15.0 Å². The number of rotatable bonds is 0. The highest BCUT2D eigenvalue weighted by atomic mass is 32.2. The number of hydrogen-bond acceptors (Lipinski definition) is 5. The summed E-state index contributed by atoms with van der Waals surface area (Å²) in [5.74, 6) is 0.221. The van der Waals surface area contributed by atoms with Gasteiger partial charge in [0.1, 0.15) is 5.60 Å². The van der Waals surface area contributed by atoms with Crippen molar-refractivity contribution in [3.63, 3.8) is 0 Å². The molecule has 0 saturated carbocycles. The van der Waals surface area contributed by atoms with Crippen LogP contribution in [-0.2, 0) is 14.6 Å². The standard InChI is InChI=1S/C11H20N2O4S/c1-10(2,3)17-9(14)13-5-4-12-11(6-13)7-18(15,16)8-11/h12H,4-8H2,1-3H3. The van der Waals surface area contributed by atoms with Crippen LogP contribution >= 0.6 is 0 Å². The van der Waals surface area contributed by atoms with Crippen molar-refractivity contribution in [3.05, 3.63) is 0 Å². The molecule has 104 valence electrons. The molecule has 0 bridgehead atoms. The van der Waals surface area contributed by atoms with Gasteiger partial charge in [-0.1, -0.05) is 0 Å². The molecule has 6 nitrogen and oxygen atoms in total. The predicted octanol–water partition coefficient (Wildman–Crippen LogP) is -0.00610. The lowest BCUT2D eigenvalue weighted by Gasteiger charge is -2.48. The van der Waals surface area contributed by atoms with Crippen molar-refractivity contribution in [2.75, 3.05) is 31.1 Å². The Kier molecular flexibility index (Phi) is 3.09. The monoisotopic (exact) mass is 276 g/mol. The minimum atomic E-state index is -2.92. The summed E-state index contributed by atoms with van der Waals surface area (Å²) in [5, 5.41) is 3.21. The summed E-state index contributed by atoms with van der Waals surface area (Å²) >= 11 is 0. The molecule has 0 radical (unpaired) electrons. The Bertz CT molecular complexity index is 440. The number of ether oxygens (including phenoxy) is 1. The second-order valence-corrected chi connectivity index (χ2v) is 8.21. The van der Waals surface area contributed by atoms with Gasteiger partial charge in [0, 0.05) is 19.6 Å². The van der Waals surface area contributed by atoms with Crippen molar-refractivity contribution < 1.29 is 17.9 Å². The molecule has 0 aromatic heterocycles. The summed E-state index contributed by atoms with van der Waals surface area (Å²) in [6.45, 7) is 7.01. The number of piperazine rings is 1. The molecule has 2 rings (SSSR count). The third kappa shape index (κ3) is 2.95. The highest BCUT2D eigenvalue weighted by Crippen LogP contribution is 2.27. The Labute approximate surface area is 108 Å². The van der Waals surface area contributed by atoms with Crippen LogP contribution in [0.15, 0.2) is 0 Å². The second-order valence-electron chi connectivity index (χ2n) is 6.14. The Morgan fingerprint density at radius 2 is 1.94 bits per heavy atom. The van der Waals surface area contributed by atoms with E-state index in [9.17, 15) is 13.2 Å². The summed E-state index contributed by atoms with van der Waals surface area (Å²) in [7, 11) is -2.92. The minimum absolute atomic E-state index is 0.110. The predicted molar refractivity (Wildman–Crippen MR) is 67.2 cm³/mol. The van der Waals surface area contributed by atoms with E-state index in [4.69, 9.17) is 4.74 Å². The molecule has 2 aliphatic rings. The van der Waals surface area contributed by atoms with Gasteiger partial charge in [-0.25, -0.2) is 13.2 Å². The molecule has 2 heterocycles. The van der Waals surface area contributed by atoms with Crippen LogP contribution < -0.4 is 5.32 Å². The molecule has 2 fully saturated rings. The van der Waals surface area contributed by atoms with Crippen LogP contribution in [0.25, 0.3) is 0 Å². The fourth-order valence-electron chi connectivity index (χ4n) is 2.43. The Morgan fingerprint density at radius 1 is 1.33 bits per heavy atom. The Balaban J connectivity index is 1.98. The summed E-state index contributed by atoms with van der Waals surface area (Å²) in [6, 6.07) is 0. The van der Waals surface area contributed by atoms with E-state index >= 15 is 0 Å². The maximum absolute atomic E-state index is 11.9. The number of nitrogens with zero attached hydrogens (tertiary/aromatic N) is 1. The molecule has 2 aliphatic heterocycles. The summed E-state index contributed by atoms with van der Waals surface area (Å²) in [5.41, 5.74) is -0.977. The third-order valence-electron chi connectivity index (χ3n) is 3.02. The fourth-order valence-corrected chi connectivity index (χ4v) is 4.42. The lowest BCUT2D eigenvalue weighted by atomic mass is 10.0. The van der Waals surface area contributed by atoms with Gasteiger partial charge in [-0.05, 0) is 20.8 Å². The number of carbonyl (C=O) groups excluding carboxylic acids is 1. The molecule has 1 N–H and O–H groups in total. The molecule has 0 aromatic carbocycles. The van der Waals surface area contributed by atoms with Crippen LogP contribution in [0.5, 0.6) is 0 Å². The van der Waals surface area contributed by atoms with Gasteiger partial charge in [0.05, 0.1) is 17.0 Å². The minimum Gasteiger partial charge on any atom is -0.444 e. The summed E-state index contributed by atoms with van der Waals surface area (Å²) in [6.07, 6.45) is -0.368. The number of hydrogen-bond donors (Lipinski definition) is 1. The van der Waals surface area contributed by atoms with Crippen molar-refractivity contribution in [2.24, 2.45) is 0 Å². The first-order valence-electron chi connectivity index (χ1n) is 6.04. The van der Waals surface area contributed by atoms with E-state index < -0.39 is 21.0 Å². The normalized spacial score (nSPS) is 25.6. The third-order valence-corrected chi connectivity index (χ3v) is 5.00. The summed E-state index contributed by atoms with van der Waals surface area (Å²) in [4.78, 5) is 13.5. The van der Waals surface area contributed by atoms with Gasteiger partial charge >= 0.3 is 6.09 Å². The number of carbonyl (C=O) groups is 1. The van der Waals surface area contributed by atoms with Gasteiger partial charge in [0.15, 0.2) is 9.84 Å². The van der Waals surface area contributed by atoms with Crippen molar-refractivity contribution in [3.8, 4) is 0 Å². The maximum Gasteiger partial charge on any atom is 0.410 e. The fraction of sp³-hybridized carbons (Fsp3) is 0.909. The number of amides is 1. The maximum atomic E-state index is 11.9. The van der Waals surface area contributed by atoms with Gasteiger partial charge in [-0.15, -0.1) is 0 Å². The highest BCUT2D eigenvalue weighted by molar-refractivity contribution is 7.93. The lowest BCUT2D eigenvalue weighted by molar-refractivity contribution is 0.0143. The van der Waals surface area contributed by atoms with E-state index in [1.54, 1.807) is 4.90 Å². The molecule has 1 spiro atoms. The Hall–Kier alpha value is -0.820. The van der Waals surface area contributed by atoms with Crippen molar-refractivity contribution in [1.82, 2.24) is 10.2 Å². The molecule has 0 atom stereocenters. The van der Waals surface area contributed by atoms with E-state index in [1.165, 1.54) is 0 Å². The van der Waals surface area contributed by atoms with Gasteiger partial charge in [-0.2, -0.15) is 0 Å². The molecule has 0 aliphatic carbocycles. The molecule has 2 saturated heterocycles. The largest absolute Gasteiger partial charge is 0.444 e.